The highest BCUT2D eigenvalue weighted by atomic mass is 32.1. The Labute approximate surface area is 615 Å². The molecular formula is C86H146N12S. The van der Waals surface area contributed by atoms with Crippen LogP contribution in [-0.4, -0.2) is 59.8 Å². The van der Waals surface area contributed by atoms with E-state index in [0.29, 0.717) is 0 Å². The van der Waals surface area contributed by atoms with Crippen LogP contribution in [0.25, 0.3) is 0 Å². The first-order valence-electron chi connectivity index (χ1n) is 36.0. The van der Waals surface area contributed by atoms with Gasteiger partial charge in [0.1, 0.15) is 19.0 Å². The van der Waals surface area contributed by atoms with Crippen molar-refractivity contribution in [1.82, 2.24) is 59.8 Å². The number of hydrogen-bond donors (Lipinski definition) is 0. The fraction of sp³-hybridized carbons (Fsp3) is 0.465. The van der Waals surface area contributed by atoms with Crippen molar-refractivity contribution >= 4 is 11.3 Å². The zero-order valence-corrected chi connectivity index (χ0v) is 71.6. The second-order valence-electron chi connectivity index (χ2n) is 18.6. The standard InChI is InChI=1S/C8H10.4C7H9N.4C6H8N2.C6H8S.10C2H6/c1-7-5-3-4-6-8(7)2;2*1-6-3-4-8-5-7(6)2;2*1-6-4-3-5-8-7(6)2;3*1-5-3-7-4-8-6(5)2;1-5-6(2)8-4-3-7-5;1-5-3-4-7-6(5)2;10*1-2/h3-6H,1-2H3;4*3-5H,1-2H3;4*3-4H,1-2H3;3-4H,1-2H3;10*1-2H3. The van der Waals surface area contributed by atoms with E-state index in [4.69, 9.17) is 0 Å². The van der Waals surface area contributed by atoms with Crippen LogP contribution in [0.3, 0.4) is 0 Å². The third-order valence-corrected chi connectivity index (χ3v) is 13.2. The van der Waals surface area contributed by atoms with Gasteiger partial charge in [0.15, 0.2) is 0 Å². The van der Waals surface area contributed by atoms with Gasteiger partial charge in [-0.25, -0.2) is 29.9 Å². The molecule has 0 N–H and O–H groups in total. The lowest BCUT2D eigenvalue weighted by Gasteiger charge is -1.93. The van der Waals surface area contributed by atoms with Crippen molar-refractivity contribution in [3.8, 4) is 0 Å². The van der Waals surface area contributed by atoms with E-state index in [-0.39, 0.29) is 0 Å². The van der Waals surface area contributed by atoms with Crippen LogP contribution in [0.5, 0.6) is 0 Å². The molecule has 99 heavy (non-hydrogen) atoms. The van der Waals surface area contributed by atoms with Crippen LogP contribution < -0.4 is 0 Å². The summed E-state index contributed by atoms with van der Waals surface area (Å²) in [6.07, 6.45) is 24.5. The van der Waals surface area contributed by atoms with Crippen LogP contribution in [0, 0.1) is 138 Å². The average Bonchev–Trinajstić information content (AvgIpc) is 3.22. The second-order valence-corrected chi connectivity index (χ2v) is 19.7. The number of aromatic nitrogens is 12. The molecule has 0 aliphatic carbocycles. The number of pyridine rings is 4. The fourth-order valence-electron chi connectivity index (χ4n) is 5.18. The van der Waals surface area contributed by atoms with Gasteiger partial charge in [0.05, 0.1) is 11.4 Å². The van der Waals surface area contributed by atoms with Crippen LogP contribution in [-0.2, 0) is 0 Å². The minimum absolute atomic E-state index is 1.01. The molecule has 0 spiro atoms. The normalized spacial score (nSPS) is 8.00. The third-order valence-electron chi connectivity index (χ3n) is 12.3. The molecule has 0 saturated heterocycles. The molecule has 9 heterocycles. The number of hydrogen-bond acceptors (Lipinski definition) is 13. The molecule has 556 valence electrons. The summed E-state index contributed by atoms with van der Waals surface area (Å²) >= 11 is 1.80. The number of rotatable bonds is 0. The first kappa shape index (κ1) is 112. The maximum absolute atomic E-state index is 4.08. The van der Waals surface area contributed by atoms with Gasteiger partial charge in [-0.15, -0.1) is 11.3 Å². The van der Waals surface area contributed by atoms with E-state index in [1.165, 1.54) is 54.9 Å². The highest BCUT2D eigenvalue weighted by Gasteiger charge is 1.92. The predicted molar refractivity (Wildman–Crippen MR) is 444 cm³/mol. The zero-order valence-electron chi connectivity index (χ0n) is 70.8. The lowest BCUT2D eigenvalue weighted by atomic mass is 10.1. The van der Waals surface area contributed by atoms with Crippen LogP contribution in [0.1, 0.15) is 250 Å². The minimum Gasteiger partial charge on any atom is -0.264 e. The molecule has 1 aromatic carbocycles. The maximum atomic E-state index is 4.08. The SMILES string of the molecule is CC.CC.CC.CC.CC.CC.CC.CC.CC.CC.Cc1ccccc1C.Cc1cccnc1C.Cc1cccnc1C.Cc1ccncc1C.Cc1ccncc1C.Cc1ccsc1C.Cc1cncnc1C.Cc1cncnc1C.Cc1cncnc1C.Cc1nccnc1C. The summed E-state index contributed by atoms with van der Waals surface area (Å²) in [6, 6.07) is 22.5. The van der Waals surface area contributed by atoms with Crippen LogP contribution in [0.15, 0.2) is 159 Å². The summed E-state index contributed by atoms with van der Waals surface area (Å²) in [6.45, 7) is 80.7. The minimum atomic E-state index is 1.01. The predicted octanol–water partition coefficient (Wildman–Crippen LogP) is 26.1. The molecule has 0 bridgehead atoms. The van der Waals surface area contributed by atoms with Crippen LogP contribution in [0.4, 0.5) is 0 Å². The Morgan fingerprint density at radius 2 is 0.434 bits per heavy atom. The molecule has 0 fully saturated rings. The molecule has 10 aromatic rings. The van der Waals surface area contributed by atoms with Crippen molar-refractivity contribution in [1.29, 1.82) is 0 Å². The van der Waals surface area contributed by atoms with Gasteiger partial charge in [-0.05, 0) is 241 Å². The first-order valence-corrected chi connectivity index (χ1v) is 36.9. The Morgan fingerprint density at radius 3 is 0.576 bits per heavy atom. The highest BCUT2D eigenvalue weighted by molar-refractivity contribution is 7.10. The van der Waals surface area contributed by atoms with Gasteiger partial charge in [-0.1, -0.05) is 175 Å². The molecule has 12 nitrogen and oxygen atoms in total. The Hall–Kier alpha value is -8.16. The van der Waals surface area contributed by atoms with E-state index >= 15 is 0 Å². The van der Waals surface area contributed by atoms with E-state index in [9.17, 15) is 0 Å². The van der Waals surface area contributed by atoms with E-state index in [1.54, 1.807) is 42.7 Å². The molecule has 0 unspecified atom stereocenters. The second kappa shape index (κ2) is 85.9. The van der Waals surface area contributed by atoms with E-state index in [1.807, 2.05) is 288 Å². The molecule has 0 amide bonds. The molecule has 13 heteroatoms. The van der Waals surface area contributed by atoms with Crippen molar-refractivity contribution in [2.75, 3.05) is 0 Å². The van der Waals surface area contributed by atoms with Gasteiger partial charge in [-0.3, -0.25) is 29.9 Å². The van der Waals surface area contributed by atoms with Gasteiger partial charge < -0.3 is 0 Å². The molecule has 0 radical (unpaired) electrons. The molecule has 10 rings (SSSR count). The van der Waals surface area contributed by atoms with Crippen molar-refractivity contribution in [2.45, 2.75) is 277 Å². The fourth-order valence-corrected chi connectivity index (χ4v) is 5.91. The Balaban J connectivity index is -0.000000108. The summed E-state index contributed by atoms with van der Waals surface area (Å²) in [4.78, 5) is 48.9. The molecule has 0 aliphatic heterocycles. The van der Waals surface area contributed by atoms with Gasteiger partial charge in [-0.2, -0.15) is 0 Å². The number of benzene rings is 1. The smallest absolute Gasteiger partial charge is 0.115 e. The average molecular weight is 1380 g/mol. The van der Waals surface area contributed by atoms with Gasteiger partial charge >= 0.3 is 0 Å². The van der Waals surface area contributed by atoms with Crippen LogP contribution >= 0.6 is 11.3 Å². The maximum Gasteiger partial charge on any atom is 0.115 e. The van der Waals surface area contributed by atoms with Gasteiger partial charge in [0.25, 0.3) is 0 Å². The quantitative estimate of drug-likeness (QED) is 0.142. The largest absolute Gasteiger partial charge is 0.264 e. The van der Waals surface area contributed by atoms with Crippen molar-refractivity contribution in [3.63, 3.8) is 0 Å². The van der Waals surface area contributed by atoms with Crippen molar-refractivity contribution in [2.24, 2.45) is 0 Å². The van der Waals surface area contributed by atoms with Gasteiger partial charge in [0, 0.05) is 102 Å². The summed E-state index contributed by atoms with van der Waals surface area (Å²) in [5.74, 6) is 0. The first-order chi connectivity index (χ1) is 47.5. The van der Waals surface area contributed by atoms with E-state index in [0.717, 1.165) is 56.5 Å². The lowest BCUT2D eigenvalue weighted by Crippen LogP contribution is -1.87. The summed E-state index contributed by atoms with van der Waals surface area (Å²) in [5.41, 5.74) is 22.6. The Morgan fingerprint density at radius 1 is 0.192 bits per heavy atom. The number of nitrogens with zero attached hydrogens (tertiary/aromatic N) is 12. The highest BCUT2D eigenvalue weighted by Crippen LogP contribution is 2.12. The third kappa shape index (κ3) is 68.2. The molecule has 0 aliphatic rings. The topological polar surface area (TPSA) is 155 Å². The monoisotopic (exact) mass is 1380 g/mol. The van der Waals surface area contributed by atoms with Crippen molar-refractivity contribution < 1.29 is 0 Å². The zero-order chi connectivity index (χ0) is 79.1. The number of aryl methyl sites for hydroxylation is 20. The van der Waals surface area contributed by atoms with Crippen LogP contribution in [0.2, 0.25) is 0 Å². The molecule has 0 atom stereocenters. The Bertz CT molecular complexity index is 2400. The van der Waals surface area contributed by atoms with Gasteiger partial charge in [0.2, 0.25) is 0 Å². The van der Waals surface area contributed by atoms with Crippen molar-refractivity contribution in [3.05, 3.63) is 271 Å². The summed E-state index contributed by atoms with van der Waals surface area (Å²) in [7, 11) is 0. The van der Waals surface area contributed by atoms with E-state index in [2.05, 4.69) is 177 Å². The summed E-state index contributed by atoms with van der Waals surface area (Å²) < 4.78 is 0. The van der Waals surface area contributed by atoms with E-state index < -0.39 is 0 Å². The summed E-state index contributed by atoms with van der Waals surface area (Å²) in [5, 5.41) is 2.12. The number of thiophene rings is 1. The lowest BCUT2D eigenvalue weighted by molar-refractivity contribution is 1.05. The molecule has 9 aromatic heterocycles. The Kier molecular flexibility index (Phi) is 97.4. The molecule has 0 saturated carbocycles. The molecular weight excluding hydrogens is 1230 g/mol.